The molecule has 166 valence electrons. The second-order valence-electron chi connectivity index (χ2n) is 7.85. The summed E-state index contributed by atoms with van der Waals surface area (Å²) in [6, 6.07) is 0. The van der Waals surface area contributed by atoms with Crippen molar-refractivity contribution in [3.63, 3.8) is 0 Å². The van der Waals surface area contributed by atoms with Gasteiger partial charge in [-0.25, -0.2) is 38.9 Å². The van der Waals surface area contributed by atoms with E-state index < -0.39 is 11.5 Å². The highest BCUT2D eigenvalue weighted by atomic mass is 16.4. The zero-order valence-electron chi connectivity index (χ0n) is 18.0. The SMILES string of the molecule is CC(CCCCN=C=O)(N=C=O)C(=O)O.CC(CCN=C=O)CC(C)(C)CN=C=O. The third-order valence-electron chi connectivity index (χ3n) is 4.27. The summed E-state index contributed by atoms with van der Waals surface area (Å²) in [6.45, 7) is 8.91. The number of carbonyl (C=O) groups excluding carboxylic acids is 4. The molecule has 0 aliphatic heterocycles. The predicted octanol–water partition coefficient (Wildman–Crippen LogP) is 2.77. The number of nitrogens with zero attached hydrogens (tertiary/aromatic N) is 4. The van der Waals surface area contributed by atoms with Crippen LogP contribution in [-0.2, 0) is 24.0 Å². The molecule has 0 aliphatic rings. The van der Waals surface area contributed by atoms with E-state index in [0.717, 1.165) is 12.8 Å². The summed E-state index contributed by atoms with van der Waals surface area (Å²) in [4.78, 5) is 64.1. The van der Waals surface area contributed by atoms with E-state index in [4.69, 9.17) is 5.11 Å². The minimum absolute atomic E-state index is 0.00171. The summed E-state index contributed by atoms with van der Waals surface area (Å²) in [7, 11) is 0. The molecule has 0 amide bonds. The molecule has 0 heterocycles. The molecule has 0 bridgehead atoms. The molecule has 0 aromatic carbocycles. The highest BCUT2D eigenvalue weighted by Crippen LogP contribution is 2.27. The fourth-order valence-electron chi connectivity index (χ4n) is 2.70. The second-order valence-corrected chi connectivity index (χ2v) is 7.85. The minimum atomic E-state index is -1.42. The third-order valence-corrected chi connectivity index (χ3v) is 4.27. The fourth-order valence-corrected chi connectivity index (χ4v) is 2.70. The van der Waals surface area contributed by atoms with E-state index in [2.05, 4.69) is 40.7 Å². The molecule has 0 radical (unpaired) electrons. The van der Waals surface area contributed by atoms with Crippen LogP contribution in [0.15, 0.2) is 20.0 Å². The first-order valence-electron chi connectivity index (χ1n) is 9.52. The minimum Gasteiger partial charge on any atom is -0.479 e. The number of aliphatic carboxylic acids is 1. The van der Waals surface area contributed by atoms with Crippen LogP contribution < -0.4 is 0 Å². The second kappa shape index (κ2) is 16.9. The molecule has 0 aromatic rings. The first kappa shape index (κ1) is 29.2. The van der Waals surface area contributed by atoms with Gasteiger partial charge in [-0.2, -0.15) is 4.99 Å². The number of hydrogen-bond acceptors (Lipinski definition) is 9. The lowest BCUT2D eigenvalue weighted by Crippen LogP contribution is -2.32. The Balaban J connectivity index is 0. The van der Waals surface area contributed by atoms with Gasteiger partial charge in [-0.1, -0.05) is 20.8 Å². The Labute approximate surface area is 176 Å². The molecular weight excluding hydrogens is 392 g/mol. The number of unbranched alkanes of at least 4 members (excludes halogenated alkanes) is 1. The van der Waals surface area contributed by atoms with E-state index in [-0.39, 0.29) is 11.8 Å². The average molecular weight is 422 g/mol. The zero-order chi connectivity index (χ0) is 23.5. The van der Waals surface area contributed by atoms with Gasteiger partial charge in [0.25, 0.3) is 0 Å². The topological polar surface area (TPSA) is 155 Å². The van der Waals surface area contributed by atoms with Crippen molar-refractivity contribution in [2.45, 2.75) is 65.3 Å². The number of isocyanates is 4. The molecule has 0 rings (SSSR count). The van der Waals surface area contributed by atoms with Gasteiger partial charge in [0, 0.05) is 0 Å². The van der Waals surface area contributed by atoms with Gasteiger partial charge < -0.3 is 5.11 Å². The lowest BCUT2D eigenvalue weighted by molar-refractivity contribution is -0.142. The van der Waals surface area contributed by atoms with Gasteiger partial charge in [-0.05, 0) is 50.4 Å². The van der Waals surface area contributed by atoms with Crippen LogP contribution in [0.25, 0.3) is 0 Å². The van der Waals surface area contributed by atoms with Gasteiger partial charge in [-0.15, -0.1) is 0 Å². The number of rotatable bonds is 14. The Morgan fingerprint density at radius 1 is 0.900 bits per heavy atom. The van der Waals surface area contributed by atoms with Crippen molar-refractivity contribution in [2.75, 3.05) is 19.6 Å². The van der Waals surface area contributed by atoms with E-state index in [1.54, 1.807) is 6.08 Å². The number of carboxylic acids is 1. The van der Waals surface area contributed by atoms with Crippen molar-refractivity contribution in [3.8, 4) is 0 Å². The molecule has 0 aliphatic carbocycles. The van der Waals surface area contributed by atoms with Crippen LogP contribution in [0.1, 0.15) is 59.8 Å². The van der Waals surface area contributed by atoms with Crippen molar-refractivity contribution in [2.24, 2.45) is 31.3 Å². The summed E-state index contributed by atoms with van der Waals surface area (Å²) < 4.78 is 0. The molecule has 30 heavy (non-hydrogen) atoms. The zero-order valence-corrected chi connectivity index (χ0v) is 18.0. The van der Waals surface area contributed by atoms with Gasteiger partial charge in [0.2, 0.25) is 24.3 Å². The molecule has 0 saturated heterocycles. The summed E-state index contributed by atoms with van der Waals surface area (Å²) in [5.74, 6) is -0.705. The van der Waals surface area contributed by atoms with Gasteiger partial charge >= 0.3 is 5.97 Å². The van der Waals surface area contributed by atoms with E-state index in [1.165, 1.54) is 25.2 Å². The number of aliphatic imine (C=N–C) groups is 4. The maximum atomic E-state index is 10.8. The van der Waals surface area contributed by atoms with Crippen LogP contribution in [0.5, 0.6) is 0 Å². The van der Waals surface area contributed by atoms with Gasteiger partial charge in [0.05, 0.1) is 19.6 Å². The van der Waals surface area contributed by atoms with Crippen LogP contribution in [0.4, 0.5) is 0 Å². The summed E-state index contributed by atoms with van der Waals surface area (Å²) in [6.07, 6.45) is 8.82. The van der Waals surface area contributed by atoms with E-state index in [0.29, 0.717) is 38.4 Å². The maximum Gasteiger partial charge on any atom is 0.332 e. The molecule has 2 unspecified atom stereocenters. The maximum absolute atomic E-state index is 10.8. The van der Waals surface area contributed by atoms with Gasteiger partial charge in [0.1, 0.15) is 0 Å². The van der Waals surface area contributed by atoms with Crippen molar-refractivity contribution >= 4 is 30.3 Å². The fraction of sp³-hybridized carbons (Fsp3) is 0.750. The largest absolute Gasteiger partial charge is 0.479 e. The summed E-state index contributed by atoms with van der Waals surface area (Å²) >= 11 is 0. The molecule has 0 spiro atoms. The molecular formula is C20H30N4O6. The normalized spacial score (nSPS) is 12.8. The van der Waals surface area contributed by atoms with Crippen molar-refractivity contribution in [1.82, 2.24) is 0 Å². The number of carbonyl (C=O) groups is 1. The van der Waals surface area contributed by atoms with Crippen LogP contribution in [0.3, 0.4) is 0 Å². The highest BCUT2D eigenvalue weighted by Gasteiger charge is 2.32. The Bertz CT molecular complexity index is 709. The lowest BCUT2D eigenvalue weighted by atomic mass is 9.82. The van der Waals surface area contributed by atoms with Gasteiger partial charge in [-0.3, -0.25) is 0 Å². The van der Waals surface area contributed by atoms with Crippen molar-refractivity contribution in [3.05, 3.63) is 0 Å². The Morgan fingerprint density at radius 3 is 1.97 bits per heavy atom. The smallest absolute Gasteiger partial charge is 0.332 e. The first-order chi connectivity index (χ1) is 14.1. The molecule has 10 nitrogen and oxygen atoms in total. The predicted molar refractivity (Wildman–Crippen MR) is 109 cm³/mol. The Hall–Kier alpha value is -3.01. The summed E-state index contributed by atoms with van der Waals surface area (Å²) in [5.41, 5.74) is -1.42. The van der Waals surface area contributed by atoms with Crippen LogP contribution in [0.2, 0.25) is 0 Å². The molecule has 10 heteroatoms. The standard InChI is InChI=1S/C11H18N2O2.C9H12N2O4/c1-10(4-5-12-8-14)6-11(2,3)7-13-9-15;1-9(8(14)15,11-7-13)4-2-3-5-10-6-12/h10H,4-7H2,1-3H3;2-5H2,1H3,(H,14,15). The lowest BCUT2D eigenvalue weighted by Gasteiger charge is -2.25. The molecule has 2 atom stereocenters. The Morgan fingerprint density at radius 2 is 1.47 bits per heavy atom. The monoisotopic (exact) mass is 422 g/mol. The first-order valence-corrected chi connectivity index (χ1v) is 9.52. The molecule has 0 aromatic heterocycles. The third kappa shape index (κ3) is 16.0. The Kier molecular flexibility index (Phi) is 16.4. The van der Waals surface area contributed by atoms with E-state index >= 15 is 0 Å². The average Bonchev–Trinajstić information content (AvgIpc) is 2.66. The van der Waals surface area contributed by atoms with E-state index in [1.807, 2.05) is 0 Å². The quantitative estimate of drug-likeness (QED) is 0.258. The van der Waals surface area contributed by atoms with Crippen molar-refractivity contribution < 1.29 is 29.1 Å². The van der Waals surface area contributed by atoms with Crippen LogP contribution >= 0.6 is 0 Å². The molecule has 0 fully saturated rings. The van der Waals surface area contributed by atoms with Crippen LogP contribution in [0, 0.1) is 11.3 Å². The number of carboxylic acid groups (broad SMARTS) is 1. The number of hydrogen-bond donors (Lipinski definition) is 1. The van der Waals surface area contributed by atoms with E-state index in [9.17, 15) is 24.0 Å². The molecule has 0 saturated carbocycles. The highest BCUT2D eigenvalue weighted by molar-refractivity contribution is 5.79. The van der Waals surface area contributed by atoms with Gasteiger partial charge in [0.15, 0.2) is 5.54 Å². The summed E-state index contributed by atoms with van der Waals surface area (Å²) in [5, 5.41) is 8.81. The van der Waals surface area contributed by atoms with Crippen molar-refractivity contribution in [1.29, 1.82) is 0 Å². The van der Waals surface area contributed by atoms with Crippen LogP contribution in [-0.4, -0.2) is 60.6 Å². The molecule has 1 N–H and O–H groups in total.